The third-order valence-electron chi connectivity index (χ3n) is 2.89. The molecule has 98 valence electrons. The van der Waals surface area contributed by atoms with Crippen LogP contribution in [-0.4, -0.2) is 36.1 Å². The Bertz CT molecular complexity index is 476. The van der Waals surface area contributed by atoms with E-state index in [1.54, 1.807) is 17.0 Å². The lowest BCUT2D eigenvalue weighted by molar-refractivity contribution is -0.0764. The highest BCUT2D eigenvalue weighted by atomic mass is 79.9. The van der Waals surface area contributed by atoms with Gasteiger partial charge in [-0.2, -0.15) is 0 Å². The van der Waals surface area contributed by atoms with E-state index in [4.69, 9.17) is 4.74 Å². The van der Waals surface area contributed by atoms with Gasteiger partial charge >= 0.3 is 0 Å². The number of carbonyl (C=O) groups excluding carboxylic acids is 1. The number of ether oxygens (including phenoxy) is 1. The second kappa shape index (κ2) is 4.97. The van der Waals surface area contributed by atoms with Crippen LogP contribution in [0.3, 0.4) is 0 Å². The molecule has 1 fully saturated rings. The second-order valence-electron chi connectivity index (χ2n) is 4.94. The van der Waals surface area contributed by atoms with Crippen molar-refractivity contribution in [1.82, 2.24) is 4.90 Å². The van der Waals surface area contributed by atoms with E-state index in [1.165, 1.54) is 6.07 Å². The first-order valence-corrected chi connectivity index (χ1v) is 6.57. The van der Waals surface area contributed by atoms with Crippen molar-refractivity contribution in [1.29, 1.82) is 0 Å². The molecule has 0 spiro atoms. The number of nitrogens with zero attached hydrogens (tertiary/aromatic N) is 1. The third kappa shape index (κ3) is 2.72. The fourth-order valence-corrected chi connectivity index (χ4v) is 2.46. The van der Waals surface area contributed by atoms with Crippen LogP contribution < -0.4 is 0 Å². The number of morpholine rings is 1. The van der Waals surface area contributed by atoms with E-state index in [-0.39, 0.29) is 16.0 Å². The summed E-state index contributed by atoms with van der Waals surface area (Å²) in [6, 6.07) is 4.49. The Morgan fingerprint density at radius 1 is 1.50 bits per heavy atom. The maximum absolute atomic E-state index is 13.4. The van der Waals surface area contributed by atoms with E-state index in [2.05, 4.69) is 15.9 Å². The molecule has 0 N–H and O–H groups in total. The molecule has 0 unspecified atom stereocenters. The Morgan fingerprint density at radius 2 is 2.22 bits per heavy atom. The minimum atomic E-state index is -0.423. The molecule has 3 nitrogen and oxygen atoms in total. The third-order valence-corrected chi connectivity index (χ3v) is 3.70. The molecule has 0 bridgehead atoms. The van der Waals surface area contributed by atoms with Crippen LogP contribution in [0.1, 0.15) is 24.2 Å². The summed E-state index contributed by atoms with van der Waals surface area (Å²) >= 11 is 3.12. The van der Waals surface area contributed by atoms with Crippen LogP contribution in [0, 0.1) is 5.82 Å². The number of amides is 1. The second-order valence-corrected chi connectivity index (χ2v) is 5.73. The zero-order valence-electron chi connectivity index (χ0n) is 10.4. The van der Waals surface area contributed by atoms with E-state index in [0.29, 0.717) is 25.3 Å². The van der Waals surface area contributed by atoms with Crippen LogP contribution in [0.5, 0.6) is 0 Å². The molecule has 2 rings (SSSR count). The molecule has 1 saturated heterocycles. The molecule has 1 amide bonds. The first kappa shape index (κ1) is 13.5. The van der Waals surface area contributed by atoms with E-state index < -0.39 is 5.82 Å². The van der Waals surface area contributed by atoms with Crippen LogP contribution in [0.25, 0.3) is 0 Å². The Kier molecular flexibility index (Phi) is 3.73. The van der Waals surface area contributed by atoms with Gasteiger partial charge in [0.25, 0.3) is 5.91 Å². The van der Waals surface area contributed by atoms with Gasteiger partial charge in [-0.25, -0.2) is 4.39 Å². The van der Waals surface area contributed by atoms with Crippen molar-refractivity contribution in [2.24, 2.45) is 0 Å². The van der Waals surface area contributed by atoms with Gasteiger partial charge < -0.3 is 9.64 Å². The molecule has 1 aliphatic rings. The first-order chi connectivity index (χ1) is 8.41. The summed E-state index contributed by atoms with van der Waals surface area (Å²) < 4.78 is 19.2. The molecular weight excluding hydrogens is 301 g/mol. The highest BCUT2D eigenvalue weighted by molar-refractivity contribution is 9.10. The maximum atomic E-state index is 13.4. The van der Waals surface area contributed by atoms with Crippen LogP contribution in [-0.2, 0) is 4.74 Å². The molecule has 18 heavy (non-hydrogen) atoms. The predicted molar refractivity (Wildman–Crippen MR) is 70.0 cm³/mol. The summed E-state index contributed by atoms with van der Waals surface area (Å²) in [6.07, 6.45) is 0. The van der Waals surface area contributed by atoms with Gasteiger partial charge in [-0.1, -0.05) is 6.07 Å². The molecule has 0 atom stereocenters. The molecule has 1 heterocycles. The number of benzene rings is 1. The van der Waals surface area contributed by atoms with Crippen LogP contribution in [0.15, 0.2) is 22.7 Å². The Labute approximate surface area is 114 Å². The molecule has 5 heteroatoms. The van der Waals surface area contributed by atoms with Gasteiger partial charge in [-0.3, -0.25) is 4.79 Å². The number of halogens is 2. The highest BCUT2D eigenvalue weighted by Gasteiger charge is 2.31. The number of hydrogen-bond donors (Lipinski definition) is 0. The van der Waals surface area contributed by atoms with Crippen molar-refractivity contribution in [2.75, 3.05) is 19.7 Å². The molecule has 1 aromatic carbocycles. The lowest BCUT2D eigenvalue weighted by Gasteiger charge is -2.38. The molecular formula is C13H15BrFNO2. The molecule has 0 saturated carbocycles. The average Bonchev–Trinajstić information content (AvgIpc) is 2.30. The van der Waals surface area contributed by atoms with Crippen molar-refractivity contribution < 1.29 is 13.9 Å². The minimum absolute atomic E-state index is 0.169. The summed E-state index contributed by atoms with van der Waals surface area (Å²) in [4.78, 5) is 14.0. The van der Waals surface area contributed by atoms with Crippen molar-refractivity contribution >= 4 is 21.8 Å². The van der Waals surface area contributed by atoms with Gasteiger partial charge in [0.2, 0.25) is 0 Å². The monoisotopic (exact) mass is 315 g/mol. The fraction of sp³-hybridized carbons (Fsp3) is 0.462. The zero-order valence-corrected chi connectivity index (χ0v) is 12.0. The smallest absolute Gasteiger partial charge is 0.255 e. The van der Waals surface area contributed by atoms with E-state index in [9.17, 15) is 9.18 Å². The van der Waals surface area contributed by atoms with Gasteiger partial charge in [0.1, 0.15) is 5.82 Å². The van der Waals surface area contributed by atoms with Crippen LogP contribution >= 0.6 is 15.9 Å². The van der Waals surface area contributed by atoms with Crippen molar-refractivity contribution in [3.05, 3.63) is 34.1 Å². The lowest BCUT2D eigenvalue weighted by atomic mass is 10.1. The fourth-order valence-electron chi connectivity index (χ4n) is 2.03. The molecule has 0 aromatic heterocycles. The minimum Gasteiger partial charge on any atom is -0.372 e. The normalized spacial score (nSPS) is 18.8. The molecule has 0 aliphatic carbocycles. The summed E-state index contributed by atoms with van der Waals surface area (Å²) in [6.45, 7) is 5.42. The standard InChI is InChI=1S/C13H15BrFNO2/c1-13(2)8-16(6-7-18-13)12(17)9-4-3-5-10(15)11(9)14/h3-5H,6-8H2,1-2H3. The number of rotatable bonds is 1. The van der Waals surface area contributed by atoms with Gasteiger partial charge in [-0.15, -0.1) is 0 Å². The summed E-state index contributed by atoms with van der Waals surface area (Å²) in [7, 11) is 0. The van der Waals surface area contributed by atoms with E-state index in [0.717, 1.165) is 0 Å². The van der Waals surface area contributed by atoms with Gasteiger partial charge in [0, 0.05) is 13.1 Å². The largest absolute Gasteiger partial charge is 0.372 e. The molecule has 0 radical (unpaired) electrons. The van der Waals surface area contributed by atoms with Gasteiger partial charge in [0.15, 0.2) is 0 Å². The molecule has 1 aliphatic heterocycles. The quantitative estimate of drug-likeness (QED) is 0.797. The van der Waals surface area contributed by atoms with E-state index in [1.807, 2.05) is 13.8 Å². The highest BCUT2D eigenvalue weighted by Crippen LogP contribution is 2.24. The zero-order chi connectivity index (χ0) is 13.3. The summed E-state index contributed by atoms with van der Waals surface area (Å²) in [5.74, 6) is -0.592. The molecule has 1 aromatic rings. The average molecular weight is 316 g/mol. The lowest BCUT2D eigenvalue weighted by Crippen LogP contribution is -2.50. The maximum Gasteiger partial charge on any atom is 0.255 e. The summed E-state index contributed by atoms with van der Waals surface area (Å²) in [5, 5.41) is 0. The topological polar surface area (TPSA) is 29.5 Å². The Morgan fingerprint density at radius 3 is 2.89 bits per heavy atom. The number of hydrogen-bond acceptors (Lipinski definition) is 2. The summed E-state index contributed by atoms with van der Waals surface area (Å²) in [5.41, 5.74) is 0.000891. The van der Waals surface area contributed by atoms with Crippen molar-refractivity contribution in [3.8, 4) is 0 Å². The van der Waals surface area contributed by atoms with Crippen molar-refractivity contribution in [2.45, 2.75) is 19.4 Å². The van der Waals surface area contributed by atoms with Crippen LogP contribution in [0.4, 0.5) is 4.39 Å². The van der Waals surface area contributed by atoms with E-state index >= 15 is 0 Å². The van der Waals surface area contributed by atoms with Gasteiger partial charge in [0.05, 0.1) is 22.2 Å². The number of carbonyl (C=O) groups is 1. The Balaban J connectivity index is 2.23. The first-order valence-electron chi connectivity index (χ1n) is 5.78. The predicted octanol–water partition coefficient (Wildman–Crippen LogP) is 2.84. The van der Waals surface area contributed by atoms with Gasteiger partial charge in [-0.05, 0) is 41.9 Å². The van der Waals surface area contributed by atoms with Crippen LogP contribution in [0.2, 0.25) is 0 Å². The SMILES string of the molecule is CC1(C)CN(C(=O)c2cccc(F)c2Br)CCO1. The Hall–Kier alpha value is -0.940. The van der Waals surface area contributed by atoms with Crippen molar-refractivity contribution in [3.63, 3.8) is 0 Å².